The molecule has 0 radical (unpaired) electrons. The summed E-state index contributed by atoms with van der Waals surface area (Å²) in [7, 11) is -1.80. The Labute approximate surface area is 147 Å². The molecule has 1 N–H and O–H groups in total. The molecule has 0 unspecified atom stereocenters. The number of aromatic nitrogens is 4. The average molecular weight is 365 g/mol. The third-order valence-corrected chi connectivity index (χ3v) is 5.79. The zero-order valence-corrected chi connectivity index (χ0v) is 15.5. The van der Waals surface area contributed by atoms with E-state index in [-0.39, 0.29) is 5.03 Å². The van der Waals surface area contributed by atoms with Gasteiger partial charge in [-0.3, -0.25) is 0 Å². The molecule has 0 saturated carbocycles. The Bertz CT molecular complexity index is 841. The molecule has 0 atom stereocenters. The minimum atomic E-state index is -3.55. The van der Waals surface area contributed by atoms with E-state index in [1.807, 2.05) is 24.8 Å². The van der Waals surface area contributed by atoms with Crippen LogP contribution in [0.15, 0.2) is 23.6 Å². The zero-order valence-electron chi connectivity index (χ0n) is 14.7. The number of aryl methyl sites for hydroxylation is 2. The van der Waals surface area contributed by atoms with E-state index in [1.165, 1.54) is 16.8 Å². The molecule has 25 heavy (non-hydrogen) atoms. The van der Waals surface area contributed by atoms with Gasteiger partial charge in [-0.05, 0) is 13.8 Å². The van der Waals surface area contributed by atoms with E-state index in [9.17, 15) is 8.42 Å². The molecule has 0 aliphatic carbocycles. The van der Waals surface area contributed by atoms with Gasteiger partial charge in [0, 0.05) is 57.7 Å². The van der Waals surface area contributed by atoms with Crippen LogP contribution in [0.5, 0.6) is 0 Å². The van der Waals surface area contributed by atoms with Gasteiger partial charge in [0.05, 0.1) is 6.33 Å². The van der Waals surface area contributed by atoms with Gasteiger partial charge in [0.1, 0.15) is 5.82 Å². The summed E-state index contributed by atoms with van der Waals surface area (Å²) < 4.78 is 28.4. The summed E-state index contributed by atoms with van der Waals surface area (Å²) >= 11 is 0. The van der Waals surface area contributed by atoms with Crippen LogP contribution in [-0.2, 0) is 17.1 Å². The van der Waals surface area contributed by atoms with E-state index in [1.54, 1.807) is 11.6 Å². The highest BCUT2D eigenvalue weighted by atomic mass is 32.2. The third-order valence-electron chi connectivity index (χ3n) is 4.01. The van der Waals surface area contributed by atoms with Crippen molar-refractivity contribution < 1.29 is 8.42 Å². The standard InChI is InChI=1S/C15H23N7O2S/c1-4-16-13-9-12(2)18-15(19-13)21-5-7-22(8-6-21)25(23,24)14-10-20(3)11-17-14/h9-11H,4-8H2,1-3H3,(H,16,18,19). The number of piperazine rings is 1. The highest BCUT2D eigenvalue weighted by molar-refractivity contribution is 7.89. The Morgan fingerprint density at radius 3 is 2.52 bits per heavy atom. The molecule has 10 heteroatoms. The van der Waals surface area contributed by atoms with Crippen LogP contribution in [0.4, 0.5) is 11.8 Å². The van der Waals surface area contributed by atoms with Crippen molar-refractivity contribution in [1.82, 2.24) is 23.8 Å². The quantitative estimate of drug-likeness (QED) is 0.822. The number of anilines is 2. The Morgan fingerprint density at radius 1 is 1.20 bits per heavy atom. The Hall–Kier alpha value is -2.20. The maximum Gasteiger partial charge on any atom is 0.262 e. The molecule has 1 fully saturated rings. The first-order chi connectivity index (χ1) is 11.9. The fraction of sp³-hybridized carbons (Fsp3) is 0.533. The maximum absolute atomic E-state index is 12.6. The SMILES string of the molecule is CCNc1cc(C)nc(N2CCN(S(=O)(=O)c3cn(C)cn3)CC2)n1. The number of hydrogen-bond donors (Lipinski definition) is 1. The summed E-state index contributed by atoms with van der Waals surface area (Å²) in [4.78, 5) is 15.0. The summed E-state index contributed by atoms with van der Waals surface area (Å²) in [6.45, 7) is 6.57. The second kappa shape index (κ2) is 6.96. The lowest BCUT2D eigenvalue weighted by molar-refractivity contribution is 0.381. The van der Waals surface area contributed by atoms with E-state index in [4.69, 9.17) is 0 Å². The van der Waals surface area contributed by atoms with Crippen molar-refractivity contribution in [3.05, 3.63) is 24.3 Å². The van der Waals surface area contributed by atoms with Crippen molar-refractivity contribution in [3.63, 3.8) is 0 Å². The summed E-state index contributed by atoms with van der Waals surface area (Å²) in [6.07, 6.45) is 3.01. The lowest BCUT2D eigenvalue weighted by atomic mass is 10.3. The summed E-state index contributed by atoms with van der Waals surface area (Å²) in [6, 6.07) is 1.90. The number of sulfonamides is 1. The van der Waals surface area contributed by atoms with Crippen molar-refractivity contribution in [3.8, 4) is 0 Å². The molecule has 1 aliphatic rings. The van der Waals surface area contributed by atoms with Crippen molar-refractivity contribution in [2.24, 2.45) is 7.05 Å². The normalized spacial score (nSPS) is 16.2. The van der Waals surface area contributed by atoms with E-state index in [2.05, 4.69) is 20.3 Å². The van der Waals surface area contributed by atoms with Crippen LogP contribution in [-0.4, -0.2) is 65.0 Å². The van der Waals surface area contributed by atoms with Crippen molar-refractivity contribution in [2.75, 3.05) is 42.9 Å². The predicted octanol–water partition coefficient (Wildman–Crippen LogP) is 0.461. The van der Waals surface area contributed by atoms with Crippen LogP contribution >= 0.6 is 0 Å². The van der Waals surface area contributed by atoms with Crippen LogP contribution in [0.3, 0.4) is 0 Å². The van der Waals surface area contributed by atoms with Crippen molar-refractivity contribution in [2.45, 2.75) is 18.9 Å². The molecule has 2 aromatic heterocycles. The fourth-order valence-electron chi connectivity index (χ4n) is 2.75. The first kappa shape index (κ1) is 17.6. The summed E-state index contributed by atoms with van der Waals surface area (Å²) in [5.41, 5.74) is 0.879. The fourth-order valence-corrected chi connectivity index (χ4v) is 4.14. The number of hydrogen-bond acceptors (Lipinski definition) is 7. The van der Waals surface area contributed by atoms with Crippen molar-refractivity contribution >= 4 is 21.8 Å². The maximum atomic E-state index is 12.6. The number of nitrogens with zero attached hydrogens (tertiary/aromatic N) is 6. The van der Waals surface area contributed by atoms with E-state index < -0.39 is 10.0 Å². The lowest BCUT2D eigenvalue weighted by Gasteiger charge is -2.33. The molecule has 0 aromatic carbocycles. The van der Waals surface area contributed by atoms with Crippen LogP contribution < -0.4 is 10.2 Å². The second-order valence-corrected chi connectivity index (χ2v) is 7.88. The van der Waals surface area contributed by atoms with Gasteiger partial charge in [-0.2, -0.15) is 9.29 Å². The topological polar surface area (TPSA) is 96.2 Å². The summed E-state index contributed by atoms with van der Waals surface area (Å²) in [5, 5.41) is 3.28. The molecule has 3 rings (SSSR count). The molecular weight excluding hydrogens is 342 g/mol. The van der Waals surface area contributed by atoms with Gasteiger partial charge in [0.2, 0.25) is 5.95 Å². The Kier molecular flexibility index (Phi) is 4.91. The van der Waals surface area contributed by atoms with Crippen LogP contribution in [0.25, 0.3) is 0 Å². The monoisotopic (exact) mass is 365 g/mol. The minimum absolute atomic E-state index is 0.0877. The molecule has 136 valence electrons. The van der Waals surface area contributed by atoms with Crippen LogP contribution in [0, 0.1) is 6.92 Å². The van der Waals surface area contributed by atoms with Gasteiger partial charge in [0.25, 0.3) is 10.0 Å². The molecular formula is C15H23N7O2S. The molecule has 0 amide bonds. The van der Waals surface area contributed by atoms with E-state index in [0.29, 0.717) is 32.1 Å². The highest BCUT2D eigenvalue weighted by Crippen LogP contribution is 2.19. The largest absolute Gasteiger partial charge is 0.370 e. The van der Waals surface area contributed by atoms with Crippen LogP contribution in [0.2, 0.25) is 0 Å². The summed E-state index contributed by atoms with van der Waals surface area (Å²) in [5.74, 6) is 1.42. The molecule has 3 heterocycles. The van der Waals surface area contributed by atoms with E-state index >= 15 is 0 Å². The highest BCUT2D eigenvalue weighted by Gasteiger charge is 2.30. The lowest BCUT2D eigenvalue weighted by Crippen LogP contribution is -2.49. The molecule has 1 saturated heterocycles. The predicted molar refractivity (Wildman–Crippen MR) is 95.1 cm³/mol. The first-order valence-corrected chi connectivity index (χ1v) is 9.67. The molecule has 2 aromatic rings. The first-order valence-electron chi connectivity index (χ1n) is 8.23. The molecule has 0 spiro atoms. The smallest absolute Gasteiger partial charge is 0.262 e. The van der Waals surface area contributed by atoms with Gasteiger partial charge >= 0.3 is 0 Å². The Morgan fingerprint density at radius 2 is 1.92 bits per heavy atom. The van der Waals surface area contributed by atoms with Crippen LogP contribution in [0.1, 0.15) is 12.6 Å². The van der Waals surface area contributed by atoms with Gasteiger partial charge in [-0.25, -0.2) is 18.4 Å². The minimum Gasteiger partial charge on any atom is -0.370 e. The molecule has 1 aliphatic heterocycles. The number of imidazole rings is 1. The zero-order chi connectivity index (χ0) is 18.0. The molecule has 0 bridgehead atoms. The van der Waals surface area contributed by atoms with Gasteiger partial charge in [-0.1, -0.05) is 0 Å². The van der Waals surface area contributed by atoms with E-state index in [0.717, 1.165) is 18.1 Å². The van der Waals surface area contributed by atoms with Gasteiger partial charge < -0.3 is 14.8 Å². The Balaban J connectivity index is 1.72. The molecule has 9 nitrogen and oxygen atoms in total. The third kappa shape index (κ3) is 3.74. The number of nitrogens with one attached hydrogen (secondary N) is 1. The van der Waals surface area contributed by atoms with Gasteiger partial charge in [-0.15, -0.1) is 0 Å². The van der Waals surface area contributed by atoms with Crippen molar-refractivity contribution in [1.29, 1.82) is 0 Å². The second-order valence-electron chi connectivity index (χ2n) is 5.99. The number of rotatable bonds is 5. The average Bonchev–Trinajstić information content (AvgIpc) is 3.02. The van der Waals surface area contributed by atoms with Gasteiger partial charge in [0.15, 0.2) is 5.03 Å².